The van der Waals surface area contributed by atoms with Crippen LogP contribution in [0.15, 0.2) is 18.3 Å². The molecule has 0 bridgehead atoms. The van der Waals surface area contributed by atoms with Crippen molar-refractivity contribution in [2.45, 2.75) is 6.42 Å². The summed E-state index contributed by atoms with van der Waals surface area (Å²) in [5, 5.41) is 11.9. The van der Waals surface area contributed by atoms with Crippen LogP contribution in [0.5, 0.6) is 0 Å². The Hall–Kier alpha value is -1.66. The number of hydrogen-bond donors (Lipinski definition) is 2. The van der Waals surface area contributed by atoms with Gasteiger partial charge in [0, 0.05) is 25.8 Å². The lowest BCUT2D eigenvalue weighted by Crippen LogP contribution is -2.37. The first-order chi connectivity index (χ1) is 9.25. The van der Waals surface area contributed by atoms with Crippen molar-refractivity contribution >= 4 is 11.8 Å². The van der Waals surface area contributed by atoms with E-state index >= 15 is 0 Å². The Kier molecular flexibility index (Phi) is 5.11. The van der Waals surface area contributed by atoms with E-state index in [1.54, 1.807) is 12.1 Å². The van der Waals surface area contributed by atoms with Gasteiger partial charge in [0.2, 0.25) is 0 Å². The van der Waals surface area contributed by atoms with E-state index in [-0.39, 0.29) is 5.56 Å². The molecule has 2 N–H and O–H groups in total. The number of nitrogens with one attached hydrogen (secondary N) is 1. The molecule has 1 aliphatic heterocycles. The first kappa shape index (κ1) is 13.8. The molecule has 1 aliphatic rings. The third kappa shape index (κ3) is 4.50. The average molecular weight is 265 g/mol. The number of hydrogen-bond acceptors (Lipinski definition) is 5. The molecule has 6 heteroatoms. The van der Waals surface area contributed by atoms with Crippen molar-refractivity contribution in [3.63, 3.8) is 0 Å². The molecule has 1 fully saturated rings. The second kappa shape index (κ2) is 7.06. The van der Waals surface area contributed by atoms with Gasteiger partial charge in [-0.1, -0.05) is 0 Å². The maximum absolute atomic E-state index is 10.7. The van der Waals surface area contributed by atoms with Gasteiger partial charge in [0.05, 0.1) is 18.8 Å². The summed E-state index contributed by atoms with van der Waals surface area (Å²) >= 11 is 0. The number of aromatic carboxylic acids is 1. The van der Waals surface area contributed by atoms with E-state index < -0.39 is 5.97 Å². The van der Waals surface area contributed by atoms with E-state index in [2.05, 4.69) is 15.2 Å². The summed E-state index contributed by atoms with van der Waals surface area (Å²) in [5.41, 5.74) is 0.207. The van der Waals surface area contributed by atoms with E-state index in [1.165, 1.54) is 6.20 Å². The van der Waals surface area contributed by atoms with Gasteiger partial charge in [-0.3, -0.25) is 4.90 Å². The second-order valence-electron chi connectivity index (χ2n) is 4.47. The fourth-order valence-corrected chi connectivity index (χ4v) is 1.97. The highest BCUT2D eigenvalue weighted by atomic mass is 16.5. The molecule has 2 heterocycles. The van der Waals surface area contributed by atoms with Crippen LogP contribution in [-0.4, -0.2) is 60.4 Å². The average Bonchev–Trinajstić information content (AvgIpc) is 2.45. The molecule has 0 aromatic carbocycles. The van der Waals surface area contributed by atoms with Gasteiger partial charge in [-0.25, -0.2) is 9.78 Å². The number of anilines is 1. The molecule has 0 amide bonds. The highest BCUT2D eigenvalue weighted by Crippen LogP contribution is 2.05. The van der Waals surface area contributed by atoms with Crippen LogP contribution in [0, 0.1) is 0 Å². The molecule has 2 rings (SSSR count). The Bertz CT molecular complexity index is 402. The molecule has 0 unspecified atom stereocenters. The van der Waals surface area contributed by atoms with Crippen LogP contribution >= 0.6 is 0 Å². The zero-order chi connectivity index (χ0) is 13.5. The van der Waals surface area contributed by atoms with E-state index in [9.17, 15) is 4.79 Å². The highest BCUT2D eigenvalue weighted by molar-refractivity contribution is 5.87. The fourth-order valence-electron chi connectivity index (χ4n) is 1.97. The Morgan fingerprint density at radius 1 is 1.42 bits per heavy atom. The second-order valence-corrected chi connectivity index (χ2v) is 4.47. The minimum absolute atomic E-state index is 0.207. The third-order valence-electron chi connectivity index (χ3n) is 3.07. The monoisotopic (exact) mass is 265 g/mol. The molecule has 0 atom stereocenters. The van der Waals surface area contributed by atoms with Crippen LogP contribution in [0.25, 0.3) is 0 Å². The maximum Gasteiger partial charge on any atom is 0.337 e. The predicted octanol–water partition coefficient (Wildman–Crippen LogP) is 0.914. The quantitative estimate of drug-likeness (QED) is 0.745. The lowest BCUT2D eigenvalue weighted by atomic mass is 10.3. The molecule has 1 aromatic heterocycles. The SMILES string of the molecule is O=C(O)c1ccc(NCCCN2CCOCC2)nc1. The zero-order valence-corrected chi connectivity index (χ0v) is 10.8. The molecule has 19 heavy (non-hydrogen) atoms. The number of morpholine rings is 1. The number of ether oxygens (including phenoxy) is 1. The van der Waals surface area contributed by atoms with Gasteiger partial charge in [0.15, 0.2) is 0 Å². The Balaban J connectivity index is 1.66. The molecule has 6 nitrogen and oxygen atoms in total. The minimum Gasteiger partial charge on any atom is -0.478 e. The van der Waals surface area contributed by atoms with Crippen molar-refractivity contribution in [1.82, 2.24) is 9.88 Å². The molecule has 0 aliphatic carbocycles. The largest absolute Gasteiger partial charge is 0.478 e. The number of carbonyl (C=O) groups is 1. The van der Waals surface area contributed by atoms with Crippen LogP contribution in [0.1, 0.15) is 16.8 Å². The molecule has 0 radical (unpaired) electrons. The van der Waals surface area contributed by atoms with Gasteiger partial charge in [-0.2, -0.15) is 0 Å². The van der Waals surface area contributed by atoms with Gasteiger partial charge >= 0.3 is 5.97 Å². The Morgan fingerprint density at radius 2 is 2.21 bits per heavy atom. The molecule has 104 valence electrons. The fraction of sp³-hybridized carbons (Fsp3) is 0.538. The predicted molar refractivity (Wildman–Crippen MR) is 71.6 cm³/mol. The van der Waals surface area contributed by atoms with Crippen molar-refractivity contribution in [2.24, 2.45) is 0 Å². The number of carboxylic acid groups (broad SMARTS) is 1. The first-order valence-corrected chi connectivity index (χ1v) is 6.49. The van der Waals surface area contributed by atoms with E-state index in [4.69, 9.17) is 9.84 Å². The summed E-state index contributed by atoms with van der Waals surface area (Å²) in [6.07, 6.45) is 2.40. The number of aromatic nitrogens is 1. The van der Waals surface area contributed by atoms with Crippen LogP contribution in [-0.2, 0) is 4.74 Å². The van der Waals surface area contributed by atoms with Crippen LogP contribution in [0.3, 0.4) is 0 Å². The summed E-state index contributed by atoms with van der Waals surface area (Å²) in [6, 6.07) is 3.25. The minimum atomic E-state index is -0.952. The van der Waals surface area contributed by atoms with Crippen molar-refractivity contribution in [1.29, 1.82) is 0 Å². The van der Waals surface area contributed by atoms with Crippen molar-refractivity contribution in [2.75, 3.05) is 44.7 Å². The maximum atomic E-state index is 10.7. The van der Waals surface area contributed by atoms with E-state index in [0.717, 1.165) is 45.8 Å². The number of nitrogens with zero attached hydrogens (tertiary/aromatic N) is 2. The van der Waals surface area contributed by atoms with Crippen molar-refractivity contribution in [3.8, 4) is 0 Å². The summed E-state index contributed by atoms with van der Waals surface area (Å²) in [5.74, 6) is -0.238. The molecule has 0 spiro atoms. The summed E-state index contributed by atoms with van der Waals surface area (Å²) in [7, 11) is 0. The topological polar surface area (TPSA) is 74.7 Å². The van der Waals surface area contributed by atoms with Gasteiger partial charge in [-0.05, 0) is 25.1 Å². The first-order valence-electron chi connectivity index (χ1n) is 6.49. The van der Waals surface area contributed by atoms with Gasteiger partial charge in [0.1, 0.15) is 5.82 Å². The van der Waals surface area contributed by atoms with E-state index in [1.807, 2.05) is 0 Å². The summed E-state index contributed by atoms with van der Waals surface area (Å²) < 4.78 is 5.29. The van der Waals surface area contributed by atoms with E-state index in [0.29, 0.717) is 5.82 Å². The normalized spacial score (nSPS) is 16.2. The smallest absolute Gasteiger partial charge is 0.337 e. The van der Waals surface area contributed by atoms with Gasteiger partial charge < -0.3 is 15.2 Å². The van der Waals surface area contributed by atoms with Crippen LogP contribution in [0.4, 0.5) is 5.82 Å². The summed E-state index contributed by atoms with van der Waals surface area (Å²) in [4.78, 5) is 17.1. The molecular weight excluding hydrogens is 246 g/mol. The number of pyridine rings is 1. The third-order valence-corrected chi connectivity index (χ3v) is 3.07. The van der Waals surface area contributed by atoms with Crippen LogP contribution in [0.2, 0.25) is 0 Å². The zero-order valence-electron chi connectivity index (χ0n) is 10.8. The lowest BCUT2D eigenvalue weighted by molar-refractivity contribution is 0.0378. The van der Waals surface area contributed by atoms with Gasteiger partial charge in [0.25, 0.3) is 0 Å². The summed E-state index contributed by atoms with van der Waals surface area (Å²) in [6.45, 7) is 5.54. The van der Waals surface area contributed by atoms with Crippen molar-refractivity contribution in [3.05, 3.63) is 23.9 Å². The Morgan fingerprint density at radius 3 is 2.84 bits per heavy atom. The Labute approximate surface area is 112 Å². The number of carboxylic acids is 1. The molecule has 1 saturated heterocycles. The molecule has 1 aromatic rings. The molecule has 0 saturated carbocycles. The number of rotatable bonds is 6. The standard InChI is InChI=1S/C13H19N3O3/c17-13(18)11-2-3-12(15-10-11)14-4-1-5-16-6-8-19-9-7-16/h2-3,10H,1,4-9H2,(H,14,15)(H,17,18). The van der Waals surface area contributed by atoms with Gasteiger partial charge in [-0.15, -0.1) is 0 Å². The highest BCUT2D eigenvalue weighted by Gasteiger charge is 2.09. The van der Waals surface area contributed by atoms with Crippen LogP contribution < -0.4 is 5.32 Å². The van der Waals surface area contributed by atoms with Crippen molar-refractivity contribution < 1.29 is 14.6 Å². The molecular formula is C13H19N3O3. The lowest BCUT2D eigenvalue weighted by Gasteiger charge is -2.26.